The van der Waals surface area contributed by atoms with E-state index in [2.05, 4.69) is 5.32 Å². The number of nitrogens with zero attached hydrogens (tertiary/aromatic N) is 1. The number of hydrogen-bond donors (Lipinski definition) is 2. The van der Waals surface area contributed by atoms with E-state index in [1.54, 1.807) is 44.4 Å². The number of aromatic hydroxyl groups is 1. The zero-order valence-electron chi connectivity index (χ0n) is 13.8. The predicted octanol–water partition coefficient (Wildman–Crippen LogP) is 4.15. The fourth-order valence-corrected chi connectivity index (χ4v) is 2.33. The zero-order valence-corrected chi connectivity index (χ0v) is 14.5. The van der Waals surface area contributed by atoms with Crippen LogP contribution < -0.4 is 10.1 Å². The molecular weight excluding hydrogens is 328 g/mol. The van der Waals surface area contributed by atoms with E-state index < -0.39 is 0 Å². The molecule has 0 bridgehead atoms. The first-order chi connectivity index (χ1) is 11.5. The number of hydrogen-bond acceptors (Lipinski definition) is 3. The predicted molar refractivity (Wildman–Crippen MR) is 96.1 cm³/mol. The van der Waals surface area contributed by atoms with E-state index in [-0.39, 0.29) is 6.03 Å². The molecule has 2 rings (SSSR count). The summed E-state index contributed by atoms with van der Waals surface area (Å²) in [6.45, 7) is 0.484. The zero-order chi connectivity index (χ0) is 17.5. The fraction of sp³-hybridized carbons (Fsp3) is 0.278. The van der Waals surface area contributed by atoms with Gasteiger partial charge in [-0.05, 0) is 42.7 Å². The number of para-hydroxylation sites is 1. The van der Waals surface area contributed by atoms with Crippen LogP contribution in [0.4, 0.5) is 10.5 Å². The Balaban J connectivity index is 1.85. The number of anilines is 1. The molecule has 0 aromatic heterocycles. The van der Waals surface area contributed by atoms with Crippen LogP contribution in [0.3, 0.4) is 0 Å². The smallest absolute Gasteiger partial charge is 0.321 e. The number of phenolic OH excluding ortho intramolecular Hbond substituents is 1. The summed E-state index contributed by atoms with van der Waals surface area (Å²) >= 11 is 6.18. The van der Waals surface area contributed by atoms with Crippen molar-refractivity contribution in [2.75, 3.05) is 26.0 Å². The number of urea groups is 1. The van der Waals surface area contributed by atoms with Gasteiger partial charge >= 0.3 is 6.03 Å². The molecule has 24 heavy (non-hydrogen) atoms. The Morgan fingerprint density at radius 2 is 2.00 bits per heavy atom. The van der Waals surface area contributed by atoms with Crippen molar-refractivity contribution >= 4 is 23.3 Å². The lowest BCUT2D eigenvalue weighted by Crippen LogP contribution is -2.27. The summed E-state index contributed by atoms with van der Waals surface area (Å²) in [5.41, 5.74) is 1.51. The van der Waals surface area contributed by atoms with Crippen LogP contribution in [0.1, 0.15) is 12.0 Å². The Morgan fingerprint density at radius 3 is 2.67 bits per heavy atom. The highest BCUT2D eigenvalue weighted by molar-refractivity contribution is 6.32. The average Bonchev–Trinajstić information content (AvgIpc) is 2.54. The highest BCUT2D eigenvalue weighted by Crippen LogP contribution is 2.28. The first kappa shape index (κ1) is 17.9. The molecule has 0 aliphatic rings. The van der Waals surface area contributed by atoms with Gasteiger partial charge < -0.3 is 20.1 Å². The summed E-state index contributed by atoms with van der Waals surface area (Å²) < 4.78 is 5.67. The topological polar surface area (TPSA) is 61.8 Å². The van der Waals surface area contributed by atoms with Gasteiger partial charge in [-0.2, -0.15) is 0 Å². The third kappa shape index (κ3) is 5.06. The Hall–Kier alpha value is -2.40. The molecule has 2 N–H and O–H groups in total. The molecule has 2 amide bonds. The quantitative estimate of drug-likeness (QED) is 0.771. The maximum absolute atomic E-state index is 11.6. The minimum absolute atomic E-state index is 0.220. The maximum atomic E-state index is 11.6. The lowest BCUT2D eigenvalue weighted by atomic mass is 10.1. The molecule has 2 aromatic carbocycles. The van der Waals surface area contributed by atoms with Crippen LogP contribution in [-0.4, -0.2) is 36.7 Å². The summed E-state index contributed by atoms with van der Waals surface area (Å²) in [6, 6.07) is 12.2. The van der Waals surface area contributed by atoms with E-state index in [0.29, 0.717) is 28.8 Å². The molecule has 5 nitrogen and oxygen atoms in total. The van der Waals surface area contributed by atoms with Crippen molar-refractivity contribution in [3.05, 3.63) is 53.1 Å². The largest absolute Gasteiger partial charge is 0.508 e. The minimum Gasteiger partial charge on any atom is -0.508 e. The van der Waals surface area contributed by atoms with E-state index in [4.69, 9.17) is 16.3 Å². The van der Waals surface area contributed by atoms with Crippen LogP contribution in [-0.2, 0) is 6.42 Å². The first-order valence-corrected chi connectivity index (χ1v) is 8.02. The van der Waals surface area contributed by atoms with E-state index in [9.17, 15) is 9.90 Å². The summed E-state index contributed by atoms with van der Waals surface area (Å²) in [5.74, 6) is 0.869. The molecule has 6 heteroatoms. The van der Waals surface area contributed by atoms with Gasteiger partial charge in [0, 0.05) is 19.8 Å². The molecule has 0 radical (unpaired) electrons. The van der Waals surface area contributed by atoms with Crippen molar-refractivity contribution in [2.45, 2.75) is 12.8 Å². The standard InChI is InChI=1S/C18H21ClN2O3/c1-21(2)18(23)20-14-9-10-17(15(19)12-14)24-11-5-7-13-6-3-4-8-16(13)22/h3-4,6,8-10,12,22H,5,7,11H2,1-2H3,(H,20,23). The minimum atomic E-state index is -0.220. The molecule has 0 saturated carbocycles. The molecule has 0 aliphatic carbocycles. The average molecular weight is 349 g/mol. The number of amides is 2. The van der Waals surface area contributed by atoms with Gasteiger partial charge in [0.05, 0.1) is 11.6 Å². The number of phenols is 1. The van der Waals surface area contributed by atoms with Crippen molar-refractivity contribution in [3.8, 4) is 11.5 Å². The van der Waals surface area contributed by atoms with Crippen LogP contribution in [0.5, 0.6) is 11.5 Å². The molecule has 0 atom stereocenters. The van der Waals surface area contributed by atoms with Crippen molar-refractivity contribution in [1.82, 2.24) is 4.90 Å². The number of ether oxygens (including phenoxy) is 1. The van der Waals surface area contributed by atoms with E-state index in [1.807, 2.05) is 12.1 Å². The normalized spacial score (nSPS) is 10.3. The summed E-state index contributed by atoms with van der Waals surface area (Å²) in [7, 11) is 3.33. The molecule has 0 saturated heterocycles. The van der Waals surface area contributed by atoms with Crippen molar-refractivity contribution in [2.24, 2.45) is 0 Å². The SMILES string of the molecule is CN(C)C(=O)Nc1ccc(OCCCc2ccccc2O)c(Cl)c1. The second-order valence-corrected chi connectivity index (χ2v) is 5.96. The van der Waals surface area contributed by atoms with E-state index in [1.165, 1.54) is 4.90 Å². The second-order valence-electron chi connectivity index (χ2n) is 5.55. The lowest BCUT2D eigenvalue weighted by molar-refractivity contribution is 0.230. The first-order valence-electron chi connectivity index (χ1n) is 7.65. The third-order valence-corrected chi connectivity index (χ3v) is 3.72. The number of halogens is 1. The van der Waals surface area contributed by atoms with Gasteiger partial charge in [0.2, 0.25) is 0 Å². The maximum Gasteiger partial charge on any atom is 0.321 e. The van der Waals surface area contributed by atoms with Gasteiger partial charge in [-0.15, -0.1) is 0 Å². The van der Waals surface area contributed by atoms with Gasteiger partial charge in [0.15, 0.2) is 0 Å². The van der Waals surface area contributed by atoms with Crippen LogP contribution in [0, 0.1) is 0 Å². The third-order valence-electron chi connectivity index (χ3n) is 3.43. The molecule has 0 heterocycles. The van der Waals surface area contributed by atoms with Crippen LogP contribution in [0.25, 0.3) is 0 Å². The Kier molecular flexibility index (Phi) is 6.32. The Morgan fingerprint density at radius 1 is 1.25 bits per heavy atom. The molecule has 0 fully saturated rings. The number of benzene rings is 2. The van der Waals surface area contributed by atoms with Gasteiger partial charge in [-0.25, -0.2) is 4.79 Å². The van der Waals surface area contributed by atoms with Crippen molar-refractivity contribution in [3.63, 3.8) is 0 Å². The van der Waals surface area contributed by atoms with Crippen LogP contribution in [0.2, 0.25) is 5.02 Å². The highest BCUT2D eigenvalue weighted by atomic mass is 35.5. The Labute approximate surface area is 146 Å². The van der Waals surface area contributed by atoms with Crippen LogP contribution in [0.15, 0.2) is 42.5 Å². The monoisotopic (exact) mass is 348 g/mol. The number of carbonyl (C=O) groups excluding carboxylic acids is 1. The molecule has 0 aliphatic heterocycles. The van der Waals surface area contributed by atoms with Crippen molar-refractivity contribution in [1.29, 1.82) is 0 Å². The van der Waals surface area contributed by atoms with E-state index in [0.717, 1.165) is 18.4 Å². The molecule has 2 aromatic rings. The van der Waals surface area contributed by atoms with Gasteiger partial charge in [-0.3, -0.25) is 0 Å². The summed E-state index contributed by atoms with van der Waals surface area (Å²) in [5, 5.41) is 12.9. The number of rotatable bonds is 6. The fourth-order valence-electron chi connectivity index (χ4n) is 2.10. The number of aryl methyl sites for hydroxylation is 1. The lowest BCUT2D eigenvalue weighted by Gasteiger charge is -2.13. The van der Waals surface area contributed by atoms with Gasteiger partial charge in [0.25, 0.3) is 0 Å². The highest BCUT2D eigenvalue weighted by Gasteiger charge is 2.07. The molecule has 128 valence electrons. The summed E-state index contributed by atoms with van der Waals surface area (Å²) in [6.07, 6.45) is 1.48. The number of nitrogens with one attached hydrogen (secondary N) is 1. The molecular formula is C18H21ClN2O3. The summed E-state index contributed by atoms with van der Waals surface area (Å²) in [4.78, 5) is 13.0. The van der Waals surface area contributed by atoms with Gasteiger partial charge in [0.1, 0.15) is 11.5 Å². The number of carbonyl (C=O) groups is 1. The second kappa shape index (κ2) is 8.45. The molecule has 0 unspecified atom stereocenters. The van der Waals surface area contributed by atoms with Gasteiger partial charge in [-0.1, -0.05) is 29.8 Å². The molecule has 0 spiro atoms. The Bertz CT molecular complexity index is 704. The van der Waals surface area contributed by atoms with E-state index >= 15 is 0 Å². The van der Waals surface area contributed by atoms with Crippen LogP contribution >= 0.6 is 11.6 Å². The van der Waals surface area contributed by atoms with Crippen molar-refractivity contribution < 1.29 is 14.6 Å².